The molecule has 176 valence electrons. The predicted molar refractivity (Wildman–Crippen MR) is 126 cm³/mol. The highest BCUT2D eigenvalue weighted by Gasteiger charge is 2.33. The Balaban J connectivity index is 1.64. The molecule has 0 aliphatic heterocycles. The van der Waals surface area contributed by atoms with Gasteiger partial charge in [0.2, 0.25) is 5.91 Å². The second-order valence-corrected chi connectivity index (χ2v) is 8.84. The first-order valence-corrected chi connectivity index (χ1v) is 11.4. The lowest BCUT2D eigenvalue weighted by molar-refractivity contribution is -0.143. The Kier molecular flexibility index (Phi) is 7.74. The summed E-state index contributed by atoms with van der Waals surface area (Å²) in [5, 5.41) is 14.6. The van der Waals surface area contributed by atoms with Gasteiger partial charge < -0.3 is 20.5 Å². The largest absolute Gasteiger partial charge is 0.480 e. The van der Waals surface area contributed by atoms with Crippen molar-refractivity contribution in [2.75, 3.05) is 6.61 Å². The number of carbonyl (C=O) groups excluding carboxylic acids is 2. The van der Waals surface area contributed by atoms with E-state index < -0.39 is 36.0 Å². The standard InChI is InChI=1S/C26H32N2O5/c1-5-22(25(30)31)28-24(29)23(15(2)3)16(4)27-26(32)33-14-21-19-12-8-6-10-17(19)18-11-7-9-13-20(18)21/h6-13,15-16,21-23H,5,14H2,1-4H3,(H,27,32)(H,28,29)(H,30,31)/t16?,22-,23?/m1/s1. The number of aliphatic carboxylic acids is 1. The fourth-order valence-corrected chi connectivity index (χ4v) is 4.63. The molecule has 3 atom stereocenters. The Morgan fingerprint density at radius 2 is 1.48 bits per heavy atom. The zero-order valence-electron chi connectivity index (χ0n) is 19.5. The van der Waals surface area contributed by atoms with Crippen LogP contribution in [0, 0.1) is 11.8 Å². The Bertz CT molecular complexity index is 974. The van der Waals surface area contributed by atoms with Crippen molar-refractivity contribution in [1.82, 2.24) is 10.6 Å². The van der Waals surface area contributed by atoms with Crippen molar-refractivity contribution >= 4 is 18.0 Å². The van der Waals surface area contributed by atoms with E-state index in [9.17, 15) is 19.5 Å². The van der Waals surface area contributed by atoms with Crippen LogP contribution in [0.25, 0.3) is 11.1 Å². The van der Waals surface area contributed by atoms with Gasteiger partial charge in [0, 0.05) is 12.0 Å². The average molecular weight is 453 g/mol. The molecule has 2 aromatic carbocycles. The lowest BCUT2D eigenvalue weighted by Gasteiger charge is -2.28. The molecule has 7 heteroatoms. The Morgan fingerprint density at radius 3 is 1.97 bits per heavy atom. The molecule has 2 unspecified atom stereocenters. The van der Waals surface area contributed by atoms with Crippen molar-refractivity contribution in [3.8, 4) is 11.1 Å². The molecule has 2 amide bonds. The van der Waals surface area contributed by atoms with Crippen LogP contribution in [0.4, 0.5) is 4.79 Å². The smallest absolute Gasteiger partial charge is 0.407 e. The molecule has 3 rings (SSSR count). The summed E-state index contributed by atoms with van der Waals surface area (Å²) in [6, 6.07) is 14.7. The number of hydrogen-bond donors (Lipinski definition) is 3. The number of ether oxygens (including phenoxy) is 1. The molecule has 7 nitrogen and oxygen atoms in total. The maximum Gasteiger partial charge on any atom is 0.407 e. The van der Waals surface area contributed by atoms with Gasteiger partial charge in [-0.3, -0.25) is 4.79 Å². The number of carboxylic acids is 1. The number of benzene rings is 2. The van der Waals surface area contributed by atoms with Crippen LogP contribution in [-0.2, 0) is 14.3 Å². The Morgan fingerprint density at radius 1 is 0.939 bits per heavy atom. The zero-order chi connectivity index (χ0) is 24.1. The van der Waals surface area contributed by atoms with Gasteiger partial charge in [0.1, 0.15) is 12.6 Å². The highest BCUT2D eigenvalue weighted by atomic mass is 16.5. The number of fused-ring (bicyclic) bond motifs is 3. The molecule has 0 radical (unpaired) electrons. The summed E-state index contributed by atoms with van der Waals surface area (Å²) >= 11 is 0. The van der Waals surface area contributed by atoms with Crippen molar-refractivity contribution in [1.29, 1.82) is 0 Å². The van der Waals surface area contributed by atoms with Crippen LogP contribution in [0.3, 0.4) is 0 Å². The van der Waals surface area contributed by atoms with E-state index in [1.807, 2.05) is 38.1 Å². The molecule has 0 saturated carbocycles. The van der Waals surface area contributed by atoms with Crippen molar-refractivity contribution in [2.45, 2.75) is 52.1 Å². The molecule has 0 heterocycles. The number of hydrogen-bond acceptors (Lipinski definition) is 4. The number of carbonyl (C=O) groups is 3. The molecular weight excluding hydrogens is 420 g/mol. The molecule has 0 aromatic heterocycles. The zero-order valence-corrected chi connectivity index (χ0v) is 19.5. The number of rotatable bonds is 9. The monoisotopic (exact) mass is 452 g/mol. The van der Waals surface area contributed by atoms with Crippen molar-refractivity contribution in [3.05, 3.63) is 59.7 Å². The third-order valence-corrected chi connectivity index (χ3v) is 6.27. The quantitative estimate of drug-likeness (QED) is 0.530. The van der Waals surface area contributed by atoms with Crippen molar-refractivity contribution < 1.29 is 24.2 Å². The molecule has 2 aromatic rings. The van der Waals surface area contributed by atoms with E-state index >= 15 is 0 Å². The minimum atomic E-state index is -1.08. The first-order valence-electron chi connectivity index (χ1n) is 11.4. The summed E-state index contributed by atoms with van der Waals surface area (Å²) in [6.07, 6.45) is -0.326. The van der Waals surface area contributed by atoms with Gasteiger partial charge in [0.15, 0.2) is 0 Å². The number of alkyl carbamates (subject to hydrolysis) is 1. The summed E-state index contributed by atoms with van der Waals surface area (Å²) < 4.78 is 5.58. The summed E-state index contributed by atoms with van der Waals surface area (Å²) in [6.45, 7) is 7.33. The fraction of sp³-hybridized carbons (Fsp3) is 0.423. The van der Waals surface area contributed by atoms with Gasteiger partial charge in [-0.1, -0.05) is 69.3 Å². The molecule has 0 saturated heterocycles. The molecule has 33 heavy (non-hydrogen) atoms. The molecule has 3 N–H and O–H groups in total. The molecule has 0 fully saturated rings. The molecular formula is C26H32N2O5. The average Bonchev–Trinajstić information content (AvgIpc) is 3.09. The second-order valence-electron chi connectivity index (χ2n) is 8.84. The van der Waals surface area contributed by atoms with Gasteiger partial charge in [-0.25, -0.2) is 9.59 Å². The third kappa shape index (κ3) is 5.35. The minimum Gasteiger partial charge on any atom is -0.480 e. The van der Waals surface area contributed by atoms with Gasteiger partial charge >= 0.3 is 12.1 Å². The van der Waals surface area contributed by atoms with Crippen molar-refractivity contribution in [3.63, 3.8) is 0 Å². The second kappa shape index (κ2) is 10.5. The maximum atomic E-state index is 12.8. The van der Waals surface area contributed by atoms with Gasteiger partial charge in [0.25, 0.3) is 0 Å². The van der Waals surface area contributed by atoms with E-state index in [4.69, 9.17) is 4.74 Å². The predicted octanol–water partition coefficient (Wildman–Crippen LogP) is 4.17. The Labute approximate surface area is 194 Å². The topological polar surface area (TPSA) is 105 Å². The van der Waals surface area contributed by atoms with Gasteiger partial charge in [-0.05, 0) is 41.5 Å². The lowest BCUT2D eigenvalue weighted by Crippen LogP contribution is -2.51. The summed E-state index contributed by atoms with van der Waals surface area (Å²) in [5.41, 5.74) is 4.54. The van der Waals surface area contributed by atoms with Crippen LogP contribution >= 0.6 is 0 Å². The fourth-order valence-electron chi connectivity index (χ4n) is 4.63. The van der Waals surface area contributed by atoms with Crippen LogP contribution in [0.2, 0.25) is 0 Å². The molecule has 1 aliphatic rings. The van der Waals surface area contributed by atoms with Gasteiger partial charge in [0.05, 0.1) is 5.92 Å². The van der Waals surface area contributed by atoms with Crippen LogP contribution in [0.15, 0.2) is 48.5 Å². The summed E-state index contributed by atoms with van der Waals surface area (Å²) in [7, 11) is 0. The maximum absolute atomic E-state index is 12.8. The SMILES string of the molecule is CC[C@@H](NC(=O)C(C(C)C)C(C)NC(=O)OCC1c2ccccc2-c2ccccc21)C(=O)O. The van der Waals surface area contributed by atoms with E-state index in [0.29, 0.717) is 0 Å². The highest BCUT2D eigenvalue weighted by molar-refractivity contribution is 5.86. The van der Waals surface area contributed by atoms with Crippen LogP contribution in [0.5, 0.6) is 0 Å². The van der Waals surface area contributed by atoms with E-state index in [0.717, 1.165) is 22.3 Å². The lowest BCUT2D eigenvalue weighted by atomic mass is 9.88. The number of nitrogens with one attached hydrogen (secondary N) is 2. The van der Waals surface area contributed by atoms with Crippen LogP contribution in [-0.4, -0.2) is 41.8 Å². The van der Waals surface area contributed by atoms with E-state index in [-0.39, 0.29) is 24.9 Å². The van der Waals surface area contributed by atoms with Crippen molar-refractivity contribution in [2.24, 2.45) is 11.8 Å². The normalized spacial score (nSPS) is 15.2. The summed E-state index contributed by atoms with van der Waals surface area (Å²) in [4.78, 5) is 36.7. The first-order chi connectivity index (χ1) is 15.7. The summed E-state index contributed by atoms with van der Waals surface area (Å²) in [5.74, 6) is -2.24. The number of carboxylic acid groups (broad SMARTS) is 1. The highest BCUT2D eigenvalue weighted by Crippen LogP contribution is 2.44. The molecule has 0 spiro atoms. The first kappa shape index (κ1) is 24.3. The Hall–Kier alpha value is -3.35. The molecule has 0 bridgehead atoms. The van der Waals surface area contributed by atoms with E-state index in [1.165, 1.54) is 0 Å². The number of amides is 2. The van der Waals surface area contributed by atoms with Gasteiger partial charge in [-0.2, -0.15) is 0 Å². The van der Waals surface area contributed by atoms with Crippen LogP contribution < -0.4 is 10.6 Å². The third-order valence-electron chi connectivity index (χ3n) is 6.27. The molecule has 1 aliphatic carbocycles. The van der Waals surface area contributed by atoms with Gasteiger partial charge in [-0.15, -0.1) is 0 Å². The van der Waals surface area contributed by atoms with Crippen LogP contribution in [0.1, 0.15) is 51.2 Å². The van der Waals surface area contributed by atoms with E-state index in [2.05, 4.69) is 34.9 Å². The van der Waals surface area contributed by atoms with E-state index in [1.54, 1.807) is 13.8 Å². The minimum absolute atomic E-state index is 0.0523.